The number of rotatable bonds is 6. The molecule has 31 heavy (non-hydrogen) atoms. The van der Waals surface area contributed by atoms with Gasteiger partial charge in [0.05, 0.1) is 6.54 Å². The number of ketones is 1. The first kappa shape index (κ1) is 21.0. The lowest BCUT2D eigenvalue weighted by Gasteiger charge is -2.33. The molecule has 0 spiro atoms. The van der Waals surface area contributed by atoms with E-state index in [4.69, 9.17) is 28.9 Å². The lowest BCUT2D eigenvalue weighted by atomic mass is 9.93. The third-order valence-corrected chi connectivity index (χ3v) is 7.71. The van der Waals surface area contributed by atoms with Crippen molar-refractivity contribution in [1.82, 2.24) is 9.47 Å². The molecule has 6 heteroatoms. The van der Waals surface area contributed by atoms with Crippen LogP contribution in [-0.2, 0) is 17.8 Å². The standard InChI is InChI=1S/C25H27Cl2N3O/c1-29-19-7-9-23(29)25-21-11-18(27)6-8-22(21)30(24(25)12-19)14-16(10-20(31)13-28)15-2-4-17(26)5-3-15/h2-6,8,11,16,19,23H,7,9-10,12-14,28H2,1H3. The Balaban J connectivity index is 1.63. The maximum absolute atomic E-state index is 12.4. The number of benzene rings is 2. The Morgan fingerprint density at radius 3 is 2.61 bits per heavy atom. The molecule has 5 rings (SSSR count). The monoisotopic (exact) mass is 455 g/mol. The van der Waals surface area contributed by atoms with E-state index >= 15 is 0 Å². The van der Waals surface area contributed by atoms with Gasteiger partial charge in [0, 0.05) is 64.0 Å². The van der Waals surface area contributed by atoms with Crippen molar-refractivity contribution in [2.75, 3.05) is 13.6 Å². The van der Waals surface area contributed by atoms with Gasteiger partial charge in [0.25, 0.3) is 0 Å². The average molecular weight is 456 g/mol. The summed E-state index contributed by atoms with van der Waals surface area (Å²) in [5.41, 5.74) is 10.8. The van der Waals surface area contributed by atoms with Crippen molar-refractivity contribution < 1.29 is 4.79 Å². The van der Waals surface area contributed by atoms with Crippen molar-refractivity contribution in [2.45, 2.75) is 50.2 Å². The highest BCUT2D eigenvalue weighted by molar-refractivity contribution is 6.31. The van der Waals surface area contributed by atoms with Gasteiger partial charge >= 0.3 is 0 Å². The lowest BCUT2D eigenvalue weighted by molar-refractivity contribution is -0.118. The number of nitrogens with zero attached hydrogens (tertiary/aromatic N) is 2. The van der Waals surface area contributed by atoms with Gasteiger partial charge in [0.1, 0.15) is 5.78 Å². The predicted octanol–water partition coefficient (Wildman–Crippen LogP) is 5.34. The van der Waals surface area contributed by atoms with E-state index in [1.807, 2.05) is 30.3 Å². The number of Topliss-reactive ketones (excluding diaryl/α,β-unsaturated/α-hetero) is 1. The second-order valence-corrected chi connectivity index (χ2v) is 9.82. The molecule has 1 saturated heterocycles. The molecule has 2 bridgehead atoms. The van der Waals surface area contributed by atoms with Gasteiger partial charge in [0.2, 0.25) is 0 Å². The largest absolute Gasteiger partial charge is 0.344 e. The first-order valence-electron chi connectivity index (χ1n) is 11.0. The number of likely N-dealkylation sites (N-methyl/N-ethyl adjacent to an activating group) is 1. The molecule has 3 aromatic rings. The summed E-state index contributed by atoms with van der Waals surface area (Å²) in [6, 6.07) is 15.1. The highest BCUT2D eigenvalue weighted by Gasteiger charge is 2.41. The maximum atomic E-state index is 12.4. The van der Waals surface area contributed by atoms with Crippen LogP contribution in [-0.4, -0.2) is 34.9 Å². The van der Waals surface area contributed by atoms with Crippen LogP contribution in [0.5, 0.6) is 0 Å². The summed E-state index contributed by atoms with van der Waals surface area (Å²) in [4.78, 5) is 14.9. The minimum absolute atomic E-state index is 0.0426. The Kier molecular flexibility index (Phi) is 5.59. The van der Waals surface area contributed by atoms with E-state index in [9.17, 15) is 4.79 Å². The van der Waals surface area contributed by atoms with Crippen molar-refractivity contribution >= 4 is 39.9 Å². The van der Waals surface area contributed by atoms with E-state index < -0.39 is 0 Å². The molecule has 2 N–H and O–H groups in total. The van der Waals surface area contributed by atoms with Crippen LogP contribution >= 0.6 is 23.2 Å². The zero-order valence-corrected chi connectivity index (χ0v) is 19.2. The first-order chi connectivity index (χ1) is 15.0. The Morgan fingerprint density at radius 2 is 1.87 bits per heavy atom. The molecule has 0 amide bonds. The van der Waals surface area contributed by atoms with Gasteiger partial charge in [0.15, 0.2) is 0 Å². The molecular formula is C25H27Cl2N3O. The summed E-state index contributed by atoms with van der Waals surface area (Å²) in [6.45, 7) is 0.809. The summed E-state index contributed by atoms with van der Waals surface area (Å²) in [5, 5.41) is 2.72. The number of nitrogens with two attached hydrogens (primary N) is 1. The van der Waals surface area contributed by atoms with E-state index in [0.29, 0.717) is 23.5 Å². The Labute approximate surface area is 192 Å². The number of fused-ring (bicyclic) bond motifs is 6. The summed E-state index contributed by atoms with van der Waals surface area (Å²) in [5.74, 6) is 0.120. The minimum Gasteiger partial charge on any atom is -0.344 e. The van der Waals surface area contributed by atoms with Crippen LogP contribution in [0.15, 0.2) is 42.5 Å². The van der Waals surface area contributed by atoms with Crippen molar-refractivity contribution in [2.24, 2.45) is 5.73 Å². The van der Waals surface area contributed by atoms with Gasteiger partial charge < -0.3 is 10.3 Å². The van der Waals surface area contributed by atoms with E-state index in [1.165, 1.54) is 35.0 Å². The molecule has 4 nitrogen and oxygen atoms in total. The third kappa shape index (κ3) is 3.70. The molecule has 2 aromatic carbocycles. The fourth-order valence-corrected chi connectivity index (χ4v) is 5.93. The van der Waals surface area contributed by atoms with Gasteiger partial charge in [-0.15, -0.1) is 0 Å². The van der Waals surface area contributed by atoms with Crippen LogP contribution < -0.4 is 5.73 Å². The zero-order valence-electron chi connectivity index (χ0n) is 17.7. The number of carbonyl (C=O) groups excluding carboxylic acids is 1. The predicted molar refractivity (Wildman–Crippen MR) is 127 cm³/mol. The molecule has 3 unspecified atom stereocenters. The van der Waals surface area contributed by atoms with Crippen molar-refractivity contribution in [1.29, 1.82) is 0 Å². The summed E-state index contributed by atoms with van der Waals surface area (Å²) in [7, 11) is 2.25. The van der Waals surface area contributed by atoms with Gasteiger partial charge in [-0.1, -0.05) is 35.3 Å². The molecule has 162 valence electrons. The van der Waals surface area contributed by atoms with Crippen LogP contribution in [0.1, 0.15) is 48.0 Å². The van der Waals surface area contributed by atoms with E-state index in [-0.39, 0.29) is 18.2 Å². The quantitative estimate of drug-likeness (QED) is 0.545. The zero-order chi connectivity index (χ0) is 21.7. The highest BCUT2D eigenvalue weighted by Crippen LogP contribution is 2.47. The second kappa shape index (κ2) is 8.25. The third-order valence-electron chi connectivity index (χ3n) is 7.23. The molecule has 3 atom stereocenters. The van der Waals surface area contributed by atoms with E-state index in [2.05, 4.69) is 28.6 Å². The van der Waals surface area contributed by atoms with Crippen molar-refractivity contribution in [3.8, 4) is 0 Å². The van der Waals surface area contributed by atoms with Crippen LogP contribution in [0.25, 0.3) is 10.9 Å². The van der Waals surface area contributed by atoms with Gasteiger partial charge in [-0.2, -0.15) is 0 Å². The van der Waals surface area contributed by atoms with Gasteiger partial charge in [-0.25, -0.2) is 0 Å². The van der Waals surface area contributed by atoms with E-state index in [0.717, 1.165) is 23.6 Å². The smallest absolute Gasteiger partial charge is 0.147 e. The number of hydrogen-bond donors (Lipinski definition) is 1. The molecular weight excluding hydrogens is 429 g/mol. The first-order valence-corrected chi connectivity index (χ1v) is 11.7. The molecule has 2 aliphatic rings. The van der Waals surface area contributed by atoms with Crippen LogP contribution in [0.3, 0.4) is 0 Å². The van der Waals surface area contributed by atoms with Crippen molar-refractivity contribution in [3.05, 3.63) is 69.3 Å². The van der Waals surface area contributed by atoms with Crippen LogP contribution in [0, 0.1) is 0 Å². The molecule has 1 aromatic heterocycles. The number of halogens is 2. The number of aromatic nitrogens is 1. The molecule has 3 heterocycles. The second-order valence-electron chi connectivity index (χ2n) is 8.94. The van der Waals surface area contributed by atoms with Crippen LogP contribution in [0.2, 0.25) is 10.0 Å². The SMILES string of the molecule is CN1C2CCC1c1c(n(CC(CC(=O)CN)c3ccc(Cl)cc3)c3ccc(Cl)cc13)C2. The number of carbonyl (C=O) groups is 1. The molecule has 0 saturated carbocycles. The number of hydrogen-bond acceptors (Lipinski definition) is 3. The maximum Gasteiger partial charge on any atom is 0.147 e. The van der Waals surface area contributed by atoms with Crippen LogP contribution in [0.4, 0.5) is 0 Å². The topological polar surface area (TPSA) is 51.3 Å². The Bertz CT molecular complexity index is 1140. The fraction of sp³-hybridized carbons (Fsp3) is 0.400. The minimum atomic E-state index is 0.0426. The lowest BCUT2D eigenvalue weighted by Crippen LogP contribution is -2.35. The molecule has 2 aliphatic heterocycles. The molecule has 1 fully saturated rings. The molecule has 0 radical (unpaired) electrons. The Hall–Kier alpha value is -1.85. The highest BCUT2D eigenvalue weighted by atomic mass is 35.5. The summed E-state index contributed by atoms with van der Waals surface area (Å²) >= 11 is 12.5. The normalized spacial score (nSPS) is 21.4. The van der Waals surface area contributed by atoms with Gasteiger partial charge in [-0.3, -0.25) is 9.69 Å². The van der Waals surface area contributed by atoms with Crippen molar-refractivity contribution in [3.63, 3.8) is 0 Å². The van der Waals surface area contributed by atoms with E-state index in [1.54, 1.807) is 0 Å². The average Bonchev–Trinajstić information content (AvgIpc) is 3.17. The summed E-state index contributed by atoms with van der Waals surface area (Å²) in [6.07, 6.45) is 3.87. The molecule has 0 aliphatic carbocycles. The van der Waals surface area contributed by atoms with Gasteiger partial charge in [-0.05, 0) is 61.3 Å². The fourth-order valence-electron chi connectivity index (χ4n) is 5.64. The summed E-state index contributed by atoms with van der Waals surface area (Å²) < 4.78 is 2.45. The Morgan fingerprint density at radius 1 is 1.13 bits per heavy atom.